The molecule has 0 fully saturated rings. The second-order valence-corrected chi connectivity index (χ2v) is 5.08. The van der Waals surface area contributed by atoms with Crippen LogP contribution in [0.15, 0.2) is 0 Å². The molecule has 0 aromatic heterocycles. The summed E-state index contributed by atoms with van der Waals surface area (Å²) in [6.45, 7) is 9.97. The van der Waals surface area contributed by atoms with E-state index in [-0.39, 0.29) is 24.0 Å². The minimum absolute atomic E-state index is 0.0145. The molecule has 0 radical (unpaired) electrons. The molecule has 0 saturated carbocycles. The van der Waals surface area contributed by atoms with Crippen LogP contribution in [0.2, 0.25) is 0 Å². The largest absolute Gasteiger partial charge is 0.340 e. The third kappa shape index (κ3) is 7.40. The Kier molecular flexibility index (Phi) is 8.58. The van der Waals surface area contributed by atoms with E-state index in [0.29, 0.717) is 25.7 Å². The molecule has 3 N–H and O–H groups in total. The van der Waals surface area contributed by atoms with Gasteiger partial charge in [-0.05, 0) is 0 Å². The van der Waals surface area contributed by atoms with Gasteiger partial charge in [0.05, 0.1) is 6.42 Å². The lowest BCUT2D eigenvalue weighted by Crippen LogP contribution is -2.42. The Morgan fingerprint density at radius 2 is 1.78 bits per heavy atom. The molecule has 0 aromatic rings. The van der Waals surface area contributed by atoms with Gasteiger partial charge in [-0.15, -0.1) is 0 Å². The van der Waals surface area contributed by atoms with Crippen LogP contribution in [0.25, 0.3) is 0 Å². The summed E-state index contributed by atoms with van der Waals surface area (Å²) in [6, 6.07) is 0.386. The van der Waals surface area contributed by atoms with E-state index >= 15 is 0 Å². The van der Waals surface area contributed by atoms with Crippen molar-refractivity contribution in [3.8, 4) is 0 Å². The maximum Gasteiger partial charge on any atom is 0.230 e. The predicted octanol–water partition coefficient (Wildman–Crippen LogP) is 0.387. The first-order valence-corrected chi connectivity index (χ1v) is 6.62. The van der Waals surface area contributed by atoms with Crippen molar-refractivity contribution in [3.63, 3.8) is 0 Å². The molecular formula is C13H27N3O2. The molecule has 0 aromatic carbocycles. The van der Waals surface area contributed by atoms with Gasteiger partial charge in [-0.1, -0.05) is 27.7 Å². The fourth-order valence-electron chi connectivity index (χ4n) is 1.47. The van der Waals surface area contributed by atoms with Gasteiger partial charge in [-0.25, -0.2) is 0 Å². The quantitative estimate of drug-likeness (QED) is 0.586. The number of rotatable bonds is 9. The van der Waals surface area contributed by atoms with Gasteiger partial charge in [0.1, 0.15) is 5.78 Å². The van der Waals surface area contributed by atoms with E-state index in [4.69, 9.17) is 5.73 Å². The highest BCUT2D eigenvalue weighted by Crippen LogP contribution is 2.02. The van der Waals surface area contributed by atoms with Crippen LogP contribution in [-0.2, 0) is 9.59 Å². The molecular weight excluding hydrogens is 230 g/mol. The highest BCUT2D eigenvalue weighted by molar-refractivity contribution is 5.98. The topological polar surface area (TPSA) is 75.4 Å². The maximum atomic E-state index is 11.9. The molecule has 18 heavy (non-hydrogen) atoms. The molecule has 0 aliphatic rings. The lowest BCUT2D eigenvalue weighted by Gasteiger charge is -2.23. The Bertz CT molecular complexity index is 265. The minimum Gasteiger partial charge on any atom is -0.340 e. The maximum absolute atomic E-state index is 11.9. The van der Waals surface area contributed by atoms with E-state index in [0.717, 1.165) is 6.54 Å². The number of carbonyl (C=O) groups excluding carboxylic acids is 2. The van der Waals surface area contributed by atoms with Crippen molar-refractivity contribution < 1.29 is 9.59 Å². The van der Waals surface area contributed by atoms with E-state index in [1.165, 1.54) is 0 Å². The van der Waals surface area contributed by atoms with Crippen LogP contribution in [0.3, 0.4) is 0 Å². The Morgan fingerprint density at radius 3 is 2.22 bits per heavy atom. The number of nitrogens with zero attached hydrogens (tertiary/aromatic N) is 1. The molecule has 106 valence electrons. The number of Topliss-reactive ketones (excluding diaryl/α,β-unsaturated/α-hetero) is 1. The molecule has 5 heteroatoms. The molecule has 0 aliphatic heterocycles. The molecule has 5 nitrogen and oxygen atoms in total. The molecule has 0 atom stereocenters. The number of nitrogens with one attached hydrogen (secondary N) is 1. The zero-order valence-corrected chi connectivity index (χ0v) is 12.0. The van der Waals surface area contributed by atoms with Crippen molar-refractivity contribution in [2.45, 2.75) is 40.2 Å². The monoisotopic (exact) mass is 257 g/mol. The molecule has 0 heterocycles. The van der Waals surface area contributed by atoms with E-state index in [1.807, 2.05) is 13.8 Å². The zero-order chi connectivity index (χ0) is 14.1. The first-order chi connectivity index (χ1) is 8.38. The van der Waals surface area contributed by atoms with E-state index in [1.54, 1.807) is 4.90 Å². The molecule has 0 saturated heterocycles. The summed E-state index contributed by atoms with van der Waals surface area (Å²) in [4.78, 5) is 25.2. The van der Waals surface area contributed by atoms with Gasteiger partial charge in [0.2, 0.25) is 5.91 Å². The molecule has 0 bridgehead atoms. The van der Waals surface area contributed by atoms with Crippen molar-refractivity contribution in [2.24, 2.45) is 11.7 Å². The standard InChI is InChI=1S/C13H27N3O2/c1-10(2)12(17)9-13(18)16(7-5-14)8-6-15-11(3)4/h10-11,15H,5-9,14H2,1-4H3. The average molecular weight is 257 g/mol. The lowest BCUT2D eigenvalue weighted by molar-refractivity contribution is -0.136. The van der Waals surface area contributed by atoms with Gasteiger partial charge >= 0.3 is 0 Å². The fraction of sp³-hybridized carbons (Fsp3) is 0.846. The van der Waals surface area contributed by atoms with Crippen LogP contribution >= 0.6 is 0 Å². The molecule has 0 spiro atoms. The number of hydrogen-bond acceptors (Lipinski definition) is 4. The molecule has 1 amide bonds. The summed E-state index contributed by atoms with van der Waals surface area (Å²) in [5.41, 5.74) is 5.49. The van der Waals surface area contributed by atoms with Crippen molar-refractivity contribution in [2.75, 3.05) is 26.2 Å². The average Bonchev–Trinajstić information content (AvgIpc) is 2.27. The molecule has 0 aliphatic carbocycles. The van der Waals surface area contributed by atoms with Crippen LogP contribution in [-0.4, -0.2) is 48.8 Å². The minimum atomic E-state index is -0.121. The first kappa shape index (κ1) is 17.1. The SMILES string of the molecule is CC(C)NCCN(CCN)C(=O)CC(=O)C(C)C. The zero-order valence-electron chi connectivity index (χ0n) is 12.0. The Labute approximate surface area is 110 Å². The molecule has 0 unspecified atom stereocenters. The van der Waals surface area contributed by atoms with Crippen molar-refractivity contribution in [3.05, 3.63) is 0 Å². The van der Waals surface area contributed by atoms with Gasteiger partial charge in [-0.3, -0.25) is 9.59 Å². The lowest BCUT2D eigenvalue weighted by atomic mass is 10.1. The van der Waals surface area contributed by atoms with Gasteiger partial charge < -0.3 is 16.0 Å². The summed E-state index contributed by atoms with van der Waals surface area (Å²) >= 11 is 0. The first-order valence-electron chi connectivity index (χ1n) is 6.62. The van der Waals surface area contributed by atoms with E-state index in [2.05, 4.69) is 19.2 Å². The third-order valence-electron chi connectivity index (χ3n) is 2.66. The Balaban J connectivity index is 4.22. The molecule has 0 rings (SSSR count). The van der Waals surface area contributed by atoms with Gasteiger partial charge in [0.25, 0.3) is 0 Å². The van der Waals surface area contributed by atoms with Crippen molar-refractivity contribution in [1.29, 1.82) is 0 Å². The highest BCUT2D eigenvalue weighted by Gasteiger charge is 2.18. The van der Waals surface area contributed by atoms with Crippen LogP contribution in [0.4, 0.5) is 0 Å². The summed E-state index contributed by atoms with van der Waals surface area (Å²) < 4.78 is 0. The van der Waals surface area contributed by atoms with Crippen LogP contribution in [0.5, 0.6) is 0 Å². The summed E-state index contributed by atoms with van der Waals surface area (Å²) in [5.74, 6) is -0.231. The number of ketones is 1. The van der Waals surface area contributed by atoms with E-state index < -0.39 is 0 Å². The van der Waals surface area contributed by atoms with E-state index in [9.17, 15) is 9.59 Å². The normalized spacial score (nSPS) is 11.1. The summed E-state index contributed by atoms with van der Waals surface area (Å²) in [6.07, 6.45) is -0.0145. The Hall–Kier alpha value is -0.940. The predicted molar refractivity (Wildman–Crippen MR) is 73.2 cm³/mol. The smallest absolute Gasteiger partial charge is 0.230 e. The second-order valence-electron chi connectivity index (χ2n) is 5.08. The summed E-state index contributed by atoms with van der Waals surface area (Å²) in [5, 5.41) is 3.25. The summed E-state index contributed by atoms with van der Waals surface area (Å²) in [7, 11) is 0. The van der Waals surface area contributed by atoms with Gasteiger partial charge in [0.15, 0.2) is 0 Å². The highest BCUT2D eigenvalue weighted by atomic mass is 16.2. The fourth-order valence-corrected chi connectivity index (χ4v) is 1.47. The van der Waals surface area contributed by atoms with Crippen LogP contribution in [0, 0.1) is 5.92 Å². The number of carbonyl (C=O) groups is 2. The Morgan fingerprint density at radius 1 is 1.17 bits per heavy atom. The van der Waals surface area contributed by atoms with Crippen molar-refractivity contribution >= 4 is 11.7 Å². The van der Waals surface area contributed by atoms with Crippen LogP contribution in [0.1, 0.15) is 34.1 Å². The second kappa shape index (κ2) is 9.05. The number of amides is 1. The van der Waals surface area contributed by atoms with Gasteiger partial charge in [0, 0.05) is 38.1 Å². The van der Waals surface area contributed by atoms with Crippen LogP contribution < -0.4 is 11.1 Å². The number of nitrogens with two attached hydrogens (primary N) is 1. The van der Waals surface area contributed by atoms with Gasteiger partial charge in [-0.2, -0.15) is 0 Å². The third-order valence-corrected chi connectivity index (χ3v) is 2.66. The van der Waals surface area contributed by atoms with Crippen molar-refractivity contribution in [1.82, 2.24) is 10.2 Å². The number of hydrogen-bond donors (Lipinski definition) is 2.